The van der Waals surface area contributed by atoms with Gasteiger partial charge in [-0.2, -0.15) is 11.8 Å². The van der Waals surface area contributed by atoms with Gasteiger partial charge in [0.05, 0.1) is 11.0 Å². The van der Waals surface area contributed by atoms with Gasteiger partial charge in [-0.05, 0) is 55.4 Å². The van der Waals surface area contributed by atoms with E-state index in [4.69, 9.17) is 5.73 Å². The average molecular weight is 261 g/mol. The van der Waals surface area contributed by atoms with Crippen molar-refractivity contribution in [3.8, 4) is 0 Å². The Morgan fingerprint density at radius 2 is 2.17 bits per heavy atom. The molecule has 2 aromatic rings. The number of thioether (sulfide) groups is 1. The number of hydrogen-bond acceptors (Lipinski definition) is 3. The van der Waals surface area contributed by atoms with E-state index in [9.17, 15) is 0 Å². The Morgan fingerprint density at radius 3 is 2.94 bits per heavy atom. The van der Waals surface area contributed by atoms with Crippen molar-refractivity contribution in [3.05, 3.63) is 24.0 Å². The van der Waals surface area contributed by atoms with Crippen LogP contribution in [0.1, 0.15) is 18.7 Å². The fourth-order valence-corrected chi connectivity index (χ4v) is 3.89. The molecule has 0 bridgehead atoms. The normalized spacial score (nSPS) is 17.4. The van der Waals surface area contributed by atoms with Crippen molar-refractivity contribution in [1.82, 2.24) is 9.55 Å². The van der Waals surface area contributed by atoms with E-state index < -0.39 is 0 Å². The first-order valence-electron chi connectivity index (χ1n) is 6.54. The second kappa shape index (κ2) is 4.84. The minimum absolute atomic E-state index is 0.793. The number of fused-ring (bicyclic) bond motifs is 1. The minimum Gasteiger partial charge on any atom is -0.399 e. The Labute approximate surface area is 112 Å². The summed E-state index contributed by atoms with van der Waals surface area (Å²) in [7, 11) is 0. The number of aromatic nitrogens is 2. The van der Waals surface area contributed by atoms with Crippen molar-refractivity contribution in [1.29, 1.82) is 0 Å². The molecule has 1 aliphatic heterocycles. The lowest BCUT2D eigenvalue weighted by atomic mass is 10.0. The molecular formula is C14H19N3S. The summed E-state index contributed by atoms with van der Waals surface area (Å²) < 4.78 is 2.36. The molecule has 3 nitrogen and oxygen atoms in total. The van der Waals surface area contributed by atoms with Crippen LogP contribution in [0.15, 0.2) is 18.2 Å². The summed E-state index contributed by atoms with van der Waals surface area (Å²) in [6, 6.07) is 6.04. The van der Waals surface area contributed by atoms with Crippen molar-refractivity contribution in [2.24, 2.45) is 5.92 Å². The predicted molar refractivity (Wildman–Crippen MR) is 78.9 cm³/mol. The van der Waals surface area contributed by atoms with Crippen molar-refractivity contribution >= 4 is 28.5 Å². The number of hydrogen-bond donors (Lipinski definition) is 1. The standard InChI is InChI=1S/C14H19N3S/c1-10-16-13-8-12(15)2-3-14(13)17(10)9-11-4-6-18-7-5-11/h2-3,8,11H,4-7,9,15H2,1H3. The third-order valence-electron chi connectivity index (χ3n) is 3.74. The molecule has 2 heterocycles. The molecule has 1 aromatic heterocycles. The van der Waals surface area contributed by atoms with Gasteiger partial charge in [-0.3, -0.25) is 0 Å². The SMILES string of the molecule is Cc1nc2cc(N)ccc2n1CC1CCSCC1. The van der Waals surface area contributed by atoms with Crippen LogP contribution in [0.25, 0.3) is 11.0 Å². The highest BCUT2D eigenvalue weighted by Gasteiger charge is 2.16. The summed E-state index contributed by atoms with van der Waals surface area (Å²) in [6.07, 6.45) is 2.66. The van der Waals surface area contributed by atoms with Gasteiger partial charge in [0.2, 0.25) is 0 Å². The molecule has 3 rings (SSSR count). The maximum atomic E-state index is 5.82. The second-order valence-corrected chi connectivity index (χ2v) is 6.30. The molecule has 2 N–H and O–H groups in total. The highest BCUT2D eigenvalue weighted by Crippen LogP contribution is 2.27. The Balaban J connectivity index is 1.92. The monoisotopic (exact) mass is 261 g/mol. The molecule has 0 saturated carbocycles. The molecule has 0 spiro atoms. The first-order chi connectivity index (χ1) is 8.74. The third-order valence-corrected chi connectivity index (χ3v) is 4.79. The van der Waals surface area contributed by atoms with Crippen LogP contribution in [-0.2, 0) is 6.54 Å². The molecule has 0 amide bonds. The Morgan fingerprint density at radius 1 is 1.39 bits per heavy atom. The highest BCUT2D eigenvalue weighted by molar-refractivity contribution is 7.99. The van der Waals surface area contributed by atoms with Crippen molar-refractivity contribution in [3.63, 3.8) is 0 Å². The quantitative estimate of drug-likeness (QED) is 0.845. The molecule has 4 heteroatoms. The molecule has 96 valence electrons. The number of imidazole rings is 1. The molecule has 0 atom stereocenters. The Hall–Kier alpha value is -1.16. The zero-order chi connectivity index (χ0) is 12.5. The van der Waals surface area contributed by atoms with E-state index in [0.29, 0.717) is 0 Å². The van der Waals surface area contributed by atoms with Crippen molar-refractivity contribution < 1.29 is 0 Å². The van der Waals surface area contributed by atoms with Crippen LogP contribution < -0.4 is 5.73 Å². The van der Waals surface area contributed by atoms with E-state index in [1.807, 2.05) is 12.1 Å². The summed E-state index contributed by atoms with van der Waals surface area (Å²) >= 11 is 2.08. The van der Waals surface area contributed by atoms with Gasteiger partial charge < -0.3 is 10.3 Å². The largest absolute Gasteiger partial charge is 0.399 e. The van der Waals surface area contributed by atoms with E-state index in [1.165, 1.54) is 29.9 Å². The predicted octanol–water partition coefficient (Wildman–Crippen LogP) is 3.07. The summed E-state index contributed by atoms with van der Waals surface area (Å²) in [5, 5.41) is 0. The van der Waals surface area contributed by atoms with E-state index >= 15 is 0 Å². The van der Waals surface area contributed by atoms with Gasteiger partial charge in [0, 0.05) is 12.2 Å². The van der Waals surface area contributed by atoms with Gasteiger partial charge in [-0.1, -0.05) is 0 Å². The fourth-order valence-electron chi connectivity index (χ4n) is 2.68. The molecule has 1 fully saturated rings. The molecule has 1 aliphatic rings. The van der Waals surface area contributed by atoms with Gasteiger partial charge in [0.1, 0.15) is 5.82 Å². The number of rotatable bonds is 2. The van der Waals surface area contributed by atoms with Gasteiger partial charge in [-0.15, -0.1) is 0 Å². The van der Waals surface area contributed by atoms with Crippen LogP contribution in [0.2, 0.25) is 0 Å². The summed E-state index contributed by atoms with van der Waals surface area (Å²) in [5.41, 5.74) is 8.86. The highest BCUT2D eigenvalue weighted by atomic mass is 32.2. The second-order valence-electron chi connectivity index (χ2n) is 5.07. The summed E-state index contributed by atoms with van der Waals surface area (Å²) in [6.45, 7) is 3.20. The van der Waals surface area contributed by atoms with Crippen LogP contribution in [-0.4, -0.2) is 21.1 Å². The van der Waals surface area contributed by atoms with Gasteiger partial charge >= 0.3 is 0 Å². The lowest BCUT2D eigenvalue weighted by Gasteiger charge is -2.22. The number of nitrogen functional groups attached to an aromatic ring is 1. The van der Waals surface area contributed by atoms with E-state index in [2.05, 4.69) is 34.3 Å². The van der Waals surface area contributed by atoms with Crippen molar-refractivity contribution in [2.45, 2.75) is 26.3 Å². The fraction of sp³-hybridized carbons (Fsp3) is 0.500. The molecular weight excluding hydrogens is 242 g/mol. The number of nitrogens with zero attached hydrogens (tertiary/aromatic N) is 2. The minimum atomic E-state index is 0.793. The van der Waals surface area contributed by atoms with Crippen LogP contribution in [0.3, 0.4) is 0 Å². The van der Waals surface area contributed by atoms with E-state index in [0.717, 1.165) is 29.5 Å². The van der Waals surface area contributed by atoms with E-state index in [-0.39, 0.29) is 0 Å². The molecule has 0 aliphatic carbocycles. The molecule has 18 heavy (non-hydrogen) atoms. The van der Waals surface area contributed by atoms with Gasteiger partial charge in [0.15, 0.2) is 0 Å². The smallest absolute Gasteiger partial charge is 0.106 e. The van der Waals surface area contributed by atoms with Crippen LogP contribution >= 0.6 is 11.8 Å². The third kappa shape index (κ3) is 2.21. The number of anilines is 1. The Bertz CT molecular complexity index is 555. The first kappa shape index (κ1) is 11.9. The van der Waals surface area contributed by atoms with Crippen molar-refractivity contribution in [2.75, 3.05) is 17.2 Å². The number of benzene rings is 1. The lowest BCUT2D eigenvalue weighted by Crippen LogP contribution is -2.17. The van der Waals surface area contributed by atoms with Crippen LogP contribution in [0.4, 0.5) is 5.69 Å². The van der Waals surface area contributed by atoms with Gasteiger partial charge in [-0.25, -0.2) is 4.98 Å². The molecule has 0 unspecified atom stereocenters. The zero-order valence-electron chi connectivity index (χ0n) is 10.7. The number of nitrogens with two attached hydrogens (primary N) is 1. The summed E-state index contributed by atoms with van der Waals surface area (Å²) in [4.78, 5) is 4.62. The molecule has 1 aromatic carbocycles. The summed E-state index contributed by atoms with van der Waals surface area (Å²) in [5.74, 6) is 4.53. The van der Waals surface area contributed by atoms with E-state index in [1.54, 1.807) is 0 Å². The first-order valence-corrected chi connectivity index (χ1v) is 7.69. The van der Waals surface area contributed by atoms with Gasteiger partial charge in [0.25, 0.3) is 0 Å². The number of aryl methyl sites for hydroxylation is 1. The molecule has 0 radical (unpaired) electrons. The topological polar surface area (TPSA) is 43.8 Å². The van der Waals surface area contributed by atoms with Crippen LogP contribution in [0.5, 0.6) is 0 Å². The Kier molecular flexibility index (Phi) is 3.20. The zero-order valence-corrected chi connectivity index (χ0v) is 11.5. The maximum Gasteiger partial charge on any atom is 0.106 e. The average Bonchev–Trinajstić information content (AvgIpc) is 2.66. The maximum absolute atomic E-state index is 5.82. The molecule has 1 saturated heterocycles. The lowest BCUT2D eigenvalue weighted by molar-refractivity contribution is 0.418. The van der Waals surface area contributed by atoms with Crippen LogP contribution in [0, 0.1) is 12.8 Å².